The average Bonchev–Trinajstić information content (AvgIpc) is 2.77. The lowest BCUT2D eigenvalue weighted by Crippen LogP contribution is -1.99. The summed E-state index contributed by atoms with van der Waals surface area (Å²) in [5.41, 5.74) is 2.83. The molecule has 0 saturated heterocycles. The van der Waals surface area contributed by atoms with Gasteiger partial charge in [0.2, 0.25) is 0 Å². The second kappa shape index (κ2) is 3.35. The maximum Gasteiger partial charge on any atom is 0.113 e. The van der Waals surface area contributed by atoms with Crippen LogP contribution < -0.4 is 0 Å². The van der Waals surface area contributed by atoms with Gasteiger partial charge in [0.15, 0.2) is 0 Å². The smallest absolute Gasteiger partial charge is 0.113 e. The summed E-state index contributed by atoms with van der Waals surface area (Å²) in [6.07, 6.45) is 4.15. The standard InChI is InChI=1S/C15H15N3/c1-18-13-7-9(8-16)5-6-12(13)17-15(18)14-10-3-2-4-11(10)14/h5-7,10-11,14H,2-4H2,1H3. The number of hydrogen-bond acceptors (Lipinski definition) is 2. The number of hydrogen-bond donors (Lipinski definition) is 0. The van der Waals surface area contributed by atoms with Crippen molar-refractivity contribution in [3.05, 3.63) is 29.6 Å². The van der Waals surface area contributed by atoms with Crippen molar-refractivity contribution in [2.45, 2.75) is 25.2 Å². The molecule has 1 aromatic carbocycles. The first-order valence-corrected chi connectivity index (χ1v) is 6.66. The molecule has 2 aliphatic rings. The zero-order chi connectivity index (χ0) is 12.3. The fraction of sp³-hybridized carbons (Fsp3) is 0.467. The van der Waals surface area contributed by atoms with E-state index >= 15 is 0 Å². The van der Waals surface area contributed by atoms with Gasteiger partial charge in [-0.25, -0.2) is 4.98 Å². The number of benzene rings is 1. The van der Waals surface area contributed by atoms with Crippen LogP contribution in [0.15, 0.2) is 18.2 Å². The van der Waals surface area contributed by atoms with Crippen LogP contribution in [0.4, 0.5) is 0 Å². The highest BCUT2D eigenvalue weighted by Crippen LogP contribution is 2.62. The van der Waals surface area contributed by atoms with Crippen molar-refractivity contribution < 1.29 is 0 Å². The molecule has 0 spiro atoms. The molecule has 1 heterocycles. The quantitative estimate of drug-likeness (QED) is 0.765. The first-order chi connectivity index (χ1) is 8.79. The SMILES string of the molecule is Cn1c(C2C3CCCC32)nc2ccc(C#N)cc21. The highest BCUT2D eigenvalue weighted by molar-refractivity contribution is 5.78. The lowest BCUT2D eigenvalue weighted by molar-refractivity contribution is 0.642. The fourth-order valence-corrected chi connectivity index (χ4v) is 3.78. The van der Waals surface area contributed by atoms with Crippen molar-refractivity contribution in [1.29, 1.82) is 5.26 Å². The van der Waals surface area contributed by atoms with E-state index < -0.39 is 0 Å². The van der Waals surface area contributed by atoms with Crippen molar-refractivity contribution in [3.8, 4) is 6.07 Å². The minimum atomic E-state index is 0.682. The zero-order valence-corrected chi connectivity index (χ0v) is 10.4. The Balaban J connectivity index is 1.83. The first-order valence-electron chi connectivity index (χ1n) is 6.66. The molecule has 0 radical (unpaired) electrons. The Labute approximate surface area is 106 Å². The van der Waals surface area contributed by atoms with Crippen LogP contribution in [0.25, 0.3) is 11.0 Å². The summed E-state index contributed by atoms with van der Waals surface area (Å²) < 4.78 is 2.19. The third kappa shape index (κ3) is 1.21. The molecule has 0 N–H and O–H groups in total. The van der Waals surface area contributed by atoms with Crippen LogP contribution in [0.1, 0.15) is 36.6 Å². The molecular weight excluding hydrogens is 222 g/mol. The van der Waals surface area contributed by atoms with Gasteiger partial charge >= 0.3 is 0 Å². The van der Waals surface area contributed by atoms with Crippen molar-refractivity contribution in [2.75, 3.05) is 0 Å². The van der Waals surface area contributed by atoms with E-state index in [4.69, 9.17) is 10.2 Å². The number of nitrogens with zero attached hydrogens (tertiary/aromatic N) is 3. The third-order valence-electron chi connectivity index (χ3n) is 4.75. The van der Waals surface area contributed by atoms with Gasteiger partial charge in [0.05, 0.1) is 22.7 Å². The molecule has 2 fully saturated rings. The molecule has 4 rings (SSSR count). The second-order valence-electron chi connectivity index (χ2n) is 5.63. The lowest BCUT2D eigenvalue weighted by atomic mass is 10.1. The van der Waals surface area contributed by atoms with E-state index in [0.717, 1.165) is 22.9 Å². The van der Waals surface area contributed by atoms with Crippen LogP contribution in [0.2, 0.25) is 0 Å². The van der Waals surface area contributed by atoms with Crippen LogP contribution in [0.5, 0.6) is 0 Å². The summed E-state index contributed by atoms with van der Waals surface area (Å²) in [6, 6.07) is 7.97. The number of nitriles is 1. The fourth-order valence-electron chi connectivity index (χ4n) is 3.78. The van der Waals surface area contributed by atoms with Gasteiger partial charge in [-0.3, -0.25) is 0 Å². The summed E-state index contributed by atoms with van der Waals surface area (Å²) in [5.74, 6) is 3.68. The molecule has 90 valence electrons. The first kappa shape index (κ1) is 10.1. The second-order valence-corrected chi connectivity index (χ2v) is 5.63. The molecule has 3 nitrogen and oxygen atoms in total. The monoisotopic (exact) mass is 237 g/mol. The van der Waals surface area contributed by atoms with Crippen molar-refractivity contribution >= 4 is 11.0 Å². The molecule has 0 amide bonds. The van der Waals surface area contributed by atoms with E-state index in [9.17, 15) is 0 Å². The van der Waals surface area contributed by atoms with Crippen LogP contribution in [-0.2, 0) is 7.05 Å². The Kier molecular flexibility index (Phi) is 1.89. The predicted octanol–water partition coefficient (Wildman–Crippen LogP) is 2.96. The van der Waals surface area contributed by atoms with Crippen LogP contribution >= 0.6 is 0 Å². The van der Waals surface area contributed by atoms with Crippen LogP contribution in [0.3, 0.4) is 0 Å². The van der Waals surface area contributed by atoms with Gasteiger partial charge in [-0.05, 0) is 42.9 Å². The van der Waals surface area contributed by atoms with E-state index in [-0.39, 0.29) is 0 Å². The topological polar surface area (TPSA) is 41.6 Å². The molecule has 0 bridgehead atoms. The maximum absolute atomic E-state index is 8.97. The summed E-state index contributed by atoms with van der Waals surface area (Å²) >= 11 is 0. The number of fused-ring (bicyclic) bond motifs is 2. The van der Waals surface area contributed by atoms with Gasteiger partial charge in [-0.15, -0.1) is 0 Å². The molecule has 0 aliphatic heterocycles. The highest BCUT2D eigenvalue weighted by atomic mass is 15.1. The van der Waals surface area contributed by atoms with Gasteiger partial charge in [0.1, 0.15) is 5.82 Å². The average molecular weight is 237 g/mol. The Morgan fingerprint density at radius 1 is 1.33 bits per heavy atom. The molecule has 2 saturated carbocycles. The van der Waals surface area contributed by atoms with Gasteiger partial charge < -0.3 is 4.57 Å². The van der Waals surface area contributed by atoms with Gasteiger partial charge in [-0.1, -0.05) is 6.42 Å². The minimum Gasteiger partial charge on any atom is -0.331 e. The van der Waals surface area contributed by atoms with E-state index in [1.54, 1.807) is 0 Å². The Hall–Kier alpha value is -1.82. The summed E-state index contributed by atoms with van der Waals surface area (Å²) in [4.78, 5) is 4.79. The van der Waals surface area contributed by atoms with E-state index in [1.165, 1.54) is 25.1 Å². The summed E-state index contributed by atoms with van der Waals surface area (Å²) in [6.45, 7) is 0. The van der Waals surface area contributed by atoms with Gasteiger partial charge in [0, 0.05) is 13.0 Å². The number of aryl methyl sites for hydroxylation is 1. The van der Waals surface area contributed by atoms with Crippen molar-refractivity contribution in [1.82, 2.24) is 9.55 Å². The largest absolute Gasteiger partial charge is 0.331 e. The molecule has 2 unspecified atom stereocenters. The van der Waals surface area contributed by atoms with Crippen molar-refractivity contribution in [2.24, 2.45) is 18.9 Å². The third-order valence-corrected chi connectivity index (χ3v) is 4.75. The highest BCUT2D eigenvalue weighted by Gasteiger charge is 2.55. The Morgan fingerprint density at radius 2 is 2.11 bits per heavy atom. The van der Waals surface area contributed by atoms with Crippen LogP contribution in [-0.4, -0.2) is 9.55 Å². The lowest BCUT2D eigenvalue weighted by Gasteiger charge is -2.03. The predicted molar refractivity (Wildman–Crippen MR) is 69.0 cm³/mol. The maximum atomic E-state index is 8.97. The molecular formula is C15H15N3. The van der Waals surface area contributed by atoms with Gasteiger partial charge in [0.25, 0.3) is 0 Å². The van der Waals surface area contributed by atoms with Gasteiger partial charge in [-0.2, -0.15) is 5.26 Å². The number of imidazole rings is 1. The summed E-state index contributed by atoms with van der Waals surface area (Å²) in [5, 5.41) is 8.97. The van der Waals surface area contributed by atoms with Crippen LogP contribution in [0, 0.1) is 23.2 Å². The number of rotatable bonds is 1. The van der Waals surface area contributed by atoms with E-state index in [0.29, 0.717) is 11.5 Å². The van der Waals surface area contributed by atoms with E-state index in [2.05, 4.69) is 17.7 Å². The summed E-state index contributed by atoms with van der Waals surface area (Å²) in [7, 11) is 2.08. The molecule has 2 atom stereocenters. The minimum absolute atomic E-state index is 0.682. The Bertz CT molecular complexity index is 667. The molecule has 2 aromatic rings. The Morgan fingerprint density at radius 3 is 2.83 bits per heavy atom. The van der Waals surface area contributed by atoms with Crippen molar-refractivity contribution in [3.63, 3.8) is 0 Å². The number of aromatic nitrogens is 2. The zero-order valence-electron chi connectivity index (χ0n) is 10.4. The normalized spacial score (nSPS) is 29.2. The van der Waals surface area contributed by atoms with E-state index in [1.807, 2.05) is 18.2 Å². The molecule has 1 aromatic heterocycles. The molecule has 2 aliphatic carbocycles. The molecule has 18 heavy (non-hydrogen) atoms. The molecule has 3 heteroatoms.